The van der Waals surface area contributed by atoms with Crippen molar-refractivity contribution >= 4 is 39.0 Å². The van der Waals surface area contributed by atoms with Crippen molar-refractivity contribution in [2.24, 2.45) is 0 Å². The third-order valence-corrected chi connectivity index (χ3v) is 5.81. The van der Waals surface area contributed by atoms with E-state index in [-0.39, 0.29) is 34.7 Å². The Balaban J connectivity index is 1.46. The zero-order valence-electron chi connectivity index (χ0n) is 15.8. The highest BCUT2D eigenvalue weighted by Crippen LogP contribution is 2.36. The first-order valence-corrected chi connectivity index (χ1v) is 9.95. The Labute approximate surface area is 183 Å². The summed E-state index contributed by atoms with van der Waals surface area (Å²) < 4.78 is 45.6. The number of rotatable bonds is 7. The monoisotopic (exact) mass is 466 g/mol. The van der Waals surface area contributed by atoms with Crippen molar-refractivity contribution in [2.75, 3.05) is 7.11 Å². The van der Waals surface area contributed by atoms with Crippen molar-refractivity contribution in [3.05, 3.63) is 58.3 Å². The third-order valence-electron chi connectivity index (χ3n) is 4.15. The maximum atomic E-state index is 12.5. The molecule has 2 aromatic carbocycles. The normalized spacial score (nSPS) is 11.1. The minimum Gasteiger partial charge on any atom is -0.493 e. The van der Waals surface area contributed by atoms with Crippen LogP contribution in [-0.4, -0.2) is 29.8 Å². The molecule has 0 amide bonds. The number of nitrogens with zero attached hydrogens (tertiary/aromatic N) is 2. The van der Waals surface area contributed by atoms with E-state index in [4.69, 9.17) is 25.6 Å². The molecule has 0 spiro atoms. The van der Waals surface area contributed by atoms with Crippen LogP contribution in [0.5, 0.6) is 11.5 Å². The summed E-state index contributed by atoms with van der Waals surface area (Å²) in [5, 5.41) is 4.91. The Morgan fingerprint density at radius 3 is 2.77 bits per heavy atom. The second-order valence-electron chi connectivity index (χ2n) is 6.07. The Morgan fingerprint density at radius 1 is 1.23 bits per heavy atom. The Kier molecular flexibility index (Phi) is 6.01. The minimum atomic E-state index is -2.99. The molecule has 160 valence electrons. The molecule has 2 heterocycles. The number of methoxy groups -OCH3 is 1. The van der Waals surface area contributed by atoms with Crippen LogP contribution in [0.4, 0.5) is 8.78 Å². The number of hydrogen-bond acceptors (Lipinski definition) is 8. The van der Waals surface area contributed by atoms with E-state index < -0.39 is 12.6 Å². The molecule has 2 aromatic heterocycles. The van der Waals surface area contributed by atoms with E-state index in [0.717, 1.165) is 10.1 Å². The number of alkyl halides is 2. The van der Waals surface area contributed by atoms with Gasteiger partial charge in [-0.2, -0.15) is 13.8 Å². The lowest BCUT2D eigenvalue weighted by molar-refractivity contribution is -0.0512. The highest BCUT2D eigenvalue weighted by atomic mass is 35.5. The summed E-state index contributed by atoms with van der Waals surface area (Å²) in [6.07, 6.45) is 0. The second-order valence-corrected chi connectivity index (χ2v) is 7.50. The lowest BCUT2D eigenvalue weighted by Gasteiger charge is -2.10. The largest absolute Gasteiger partial charge is 0.493 e. The van der Waals surface area contributed by atoms with Gasteiger partial charge in [-0.05, 0) is 24.3 Å². The molecule has 0 radical (unpaired) electrons. The number of fused-ring (bicyclic) bond motifs is 1. The Morgan fingerprint density at radius 2 is 2.03 bits per heavy atom. The lowest BCUT2D eigenvalue weighted by atomic mass is 10.2. The molecule has 0 atom stereocenters. The lowest BCUT2D eigenvalue weighted by Crippen LogP contribution is -2.04. The van der Waals surface area contributed by atoms with E-state index in [1.165, 1.54) is 36.6 Å². The van der Waals surface area contributed by atoms with E-state index in [2.05, 4.69) is 14.9 Å². The summed E-state index contributed by atoms with van der Waals surface area (Å²) in [6.45, 7) is -3.25. The molecule has 0 saturated heterocycles. The molecule has 11 heteroatoms. The summed E-state index contributed by atoms with van der Waals surface area (Å²) in [5.74, 6) is -0.449. The number of benzene rings is 2. The SMILES string of the molecule is COc1cc(-c2noc(COC(=O)c3sc4ccccc4c3Cl)n2)ccc1OC(F)F. The molecule has 0 aliphatic heterocycles. The van der Waals surface area contributed by atoms with Gasteiger partial charge in [-0.3, -0.25) is 0 Å². The van der Waals surface area contributed by atoms with E-state index in [1.54, 1.807) is 0 Å². The molecule has 0 aliphatic rings. The van der Waals surface area contributed by atoms with Crippen LogP contribution in [-0.2, 0) is 11.3 Å². The van der Waals surface area contributed by atoms with Gasteiger partial charge in [0.05, 0.1) is 12.1 Å². The van der Waals surface area contributed by atoms with Gasteiger partial charge < -0.3 is 18.7 Å². The van der Waals surface area contributed by atoms with Gasteiger partial charge in [0.2, 0.25) is 5.82 Å². The predicted octanol–water partition coefficient (Wildman–Crippen LogP) is 5.57. The zero-order valence-corrected chi connectivity index (χ0v) is 17.4. The highest BCUT2D eigenvalue weighted by molar-refractivity contribution is 7.21. The number of halogens is 3. The highest BCUT2D eigenvalue weighted by Gasteiger charge is 2.20. The molecule has 0 saturated carbocycles. The van der Waals surface area contributed by atoms with Crippen LogP contribution in [0.3, 0.4) is 0 Å². The molecule has 0 fully saturated rings. The quantitative estimate of drug-likeness (QED) is 0.329. The molecule has 0 aliphatic carbocycles. The van der Waals surface area contributed by atoms with E-state index in [9.17, 15) is 13.6 Å². The number of carbonyl (C=O) groups is 1. The van der Waals surface area contributed by atoms with Crippen LogP contribution in [0.2, 0.25) is 5.02 Å². The molecule has 7 nitrogen and oxygen atoms in total. The van der Waals surface area contributed by atoms with Gasteiger partial charge in [-0.15, -0.1) is 11.3 Å². The smallest absolute Gasteiger partial charge is 0.387 e. The van der Waals surface area contributed by atoms with Crippen molar-refractivity contribution < 1.29 is 32.3 Å². The van der Waals surface area contributed by atoms with Gasteiger partial charge in [0.25, 0.3) is 5.89 Å². The molecule has 31 heavy (non-hydrogen) atoms. The summed E-state index contributed by atoms with van der Waals surface area (Å²) in [6, 6.07) is 11.6. The van der Waals surface area contributed by atoms with Crippen LogP contribution < -0.4 is 9.47 Å². The van der Waals surface area contributed by atoms with Crippen LogP contribution in [0, 0.1) is 0 Å². The molecule has 4 rings (SSSR count). The molecule has 4 aromatic rings. The summed E-state index contributed by atoms with van der Waals surface area (Å²) in [4.78, 5) is 16.8. The third kappa shape index (κ3) is 4.44. The van der Waals surface area contributed by atoms with Crippen LogP contribution >= 0.6 is 22.9 Å². The van der Waals surface area contributed by atoms with Crippen LogP contribution in [0.1, 0.15) is 15.6 Å². The van der Waals surface area contributed by atoms with E-state index in [1.807, 2.05) is 24.3 Å². The second kappa shape index (κ2) is 8.86. The van der Waals surface area contributed by atoms with Gasteiger partial charge >= 0.3 is 12.6 Å². The Hall–Kier alpha value is -3.24. The minimum absolute atomic E-state index is 0.0486. The zero-order chi connectivity index (χ0) is 22.0. The maximum absolute atomic E-state index is 12.5. The average molecular weight is 467 g/mol. The first-order chi connectivity index (χ1) is 15.0. The van der Waals surface area contributed by atoms with Gasteiger partial charge in [0.1, 0.15) is 4.88 Å². The predicted molar refractivity (Wildman–Crippen MR) is 109 cm³/mol. The van der Waals surface area contributed by atoms with Crippen molar-refractivity contribution in [3.63, 3.8) is 0 Å². The molecule has 0 bridgehead atoms. The van der Waals surface area contributed by atoms with E-state index >= 15 is 0 Å². The first-order valence-electron chi connectivity index (χ1n) is 8.76. The van der Waals surface area contributed by atoms with Crippen LogP contribution in [0.15, 0.2) is 47.0 Å². The number of hydrogen-bond donors (Lipinski definition) is 0. The topological polar surface area (TPSA) is 83.7 Å². The molecular weight excluding hydrogens is 454 g/mol. The number of aromatic nitrogens is 2. The number of ether oxygens (including phenoxy) is 3. The average Bonchev–Trinajstić information content (AvgIpc) is 3.37. The van der Waals surface area contributed by atoms with Crippen molar-refractivity contribution in [1.82, 2.24) is 10.1 Å². The summed E-state index contributed by atoms with van der Waals surface area (Å²) >= 11 is 7.51. The van der Waals surface area contributed by atoms with Crippen molar-refractivity contribution in [1.29, 1.82) is 0 Å². The Bertz CT molecular complexity index is 1240. The van der Waals surface area contributed by atoms with Crippen molar-refractivity contribution in [2.45, 2.75) is 13.2 Å². The molecule has 0 unspecified atom stereocenters. The molecular formula is C20H13ClF2N2O5S. The number of thiophene rings is 1. The summed E-state index contributed by atoms with van der Waals surface area (Å²) in [7, 11) is 1.32. The number of esters is 1. The fourth-order valence-corrected chi connectivity index (χ4v) is 4.17. The van der Waals surface area contributed by atoms with Crippen LogP contribution in [0.25, 0.3) is 21.5 Å². The first kappa shape index (κ1) is 21.0. The fraction of sp³-hybridized carbons (Fsp3) is 0.150. The van der Waals surface area contributed by atoms with Gasteiger partial charge in [-0.1, -0.05) is 35.0 Å². The molecule has 0 N–H and O–H groups in total. The fourth-order valence-electron chi connectivity index (χ4n) is 2.77. The van der Waals surface area contributed by atoms with E-state index in [0.29, 0.717) is 10.6 Å². The maximum Gasteiger partial charge on any atom is 0.387 e. The summed E-state index contributed by atoms with van der Waals surface area (Å²) in [5.41, 5.74) is 0.437. The van der Waals surface area contributed by atoms with Crippen molar-refractivity contribution in [3.8, 4) is 22.9 Å². The van der Waals surface area contributed by atoms with Gasteiger partial charge in [-0.25, -0.2) is 4.79 Å². The van der Waals surface area contributed by atoms with Gasteiger partial charge in [0.15, 0.2) is 18.1 Å². The standard InChI is InChI=1S/C20H13ClF2N2O5S/c1-27-13-8-10(6-7-12(13)29-20(22)23)18-24-15(30-25-18)9-28-19(26)17-16(21)11-4-2-3-5-14(11)31-17/h2-8,20H,9H2,1H3. The number of carbonyl (C=O) groups excluding carboxylic acids is 1. The van der Waals surface area contributed by atoms with Gasteiger partial charge in [0, 0.05) is 15.6 Å².